The van der Waals surface area contributed by atoms with Crippen molar-refractivity contribution in [3.05, 3.63) is 54.1 Å². The summed E-state index contributed by atoms with van der Waals surface area (Å²) in [7, 11) is -3.57. The zero-order valence-corrected chi connectivity index (χ0v) is 16.8. The molecule has 1 aromatic heterocycles. The molecule has 0 bridgehead atoms. The van der Waals surface area contributed by atoms with Crippen LogP contribution < -0.4 is 4.72 Å². The summed E-state index contributed by atoms with van der Waals surface area (Å²) in [6.07, 6.45) is 4.92. The van der Waals surface area contributed by atoms with Crippen LogP contribution in [0.1, 0.15) is 37.7 Å². The Morgan fingerprint density at radius 3 is 2.41 bits per heavy atom. The zero-order valence-electron chi connectivity index (χ0n) is 16.0. The van der Waals surface area contributed by atoms with E-state index in [4.69, 9.17) is 0 Å². The number of hydrogen-bond donors (Lipinski definition) is 3. The largest absolute Gasteiger partial charge is 0.481 e. The van der Waals surface area contributed by atoms with Gasteiger partial charge in [-0.25, -0.2) is 13.1 Å². The molecule has 1 heterocycles. The van der Waals surface area contributed by atoms with Gasteiger partial charge in [-0.2, -0.15) is 0 Å². The third-order valence-corrected chi connectivity index (χ3v) is 7.06. The van der Waals surface area contributed by atoms with Crippen molar-refractivity contribution in [3.63, 3.8) is 0 Å². The molecule has 0 aliphatic heterocycles. The average Bonchev–Trinajstić information content (AvgIpc) is 3.06. The Morgan fingerprint density at radius 1 is 1.03 bits per heavy atom. The third-order valence-electron chi connectivity index (χ3n) is 5.52. The molecular formula is C22H24N2O4S. The van der Waals surface area contributed by atoms with Crippen molar-refractivity contribution in [2.24, 2.45) is 0 Å². The minimum Gasteiger partial charge on any atom is -0.481 e. The molecule has 2 aromatic carbocycles. The molecule has 1 aliphatic carbocycles. The lowest BCUT2D eigenvalue weighted by Crippen LogP contribution is -2.36. The van der Waals surface area contributed by atoms with E-state index in [-0.39, 0.29) is 17.4 Å². The van der Waals surface area contributed by atoms with E-state index in [0.717, 1.165) is 48.6 Å². The Kier molecular flexibility index (Phi) is 5.43. The first kappa shape index (κ1) is 19.7. The van der Waals surface area contributed by atoms with Crippen LogP contribution in [0.5, 0.6) is 0 Å². The van der Waals surface area contributed by atoms with Gasteiger partial charge in [0.25, 0.3) is 0 Å². The Bertz CT molecular complexity index is 1130. The van der Waals surface area contributed by atoms with E-state index in [1.807, 2.05) is 24.3 Å². The number of rotatable bonds is 6. The Hall–Kier alpha value is -2.64. The normalized spacial score (nSPS) is 15.6. The van der Waals surface area contributed by atoms with E-state index in [9.17, 15) is 18.3 Å². The van der Waals surface area contributed by atoms with E-state index < -0.39 is 16.0 Å². The second-order valence-electron chi connectivity index (χ2n) is 7.58. The number of benzene rings is 2. The number of carbonyl (C=O) groups is 1. The molecule has 0 unspecified atom stereocenters. The summed E-state index contributed by atoms with van der Waals surface area (Å²) in [5.74, 6) is -0.910. The van der Waals surface area contributed by atoms with Crippen molar-refractivity contribution in [2.45, 2.75) is 49.5 Å². The molecule has 1 aliphatic rings. The van der Waals surface area contributed by atoms with Crippen LogP contribution in [0.3, 0.4) is 0 Å². The van der Waals surface area contributed by atoms with Gasteiger partial charge in [-0.15, -0.1) is 0 Å². The highest BCUT2D eigenvalue weighted by Crippen LogP contribution is 2.31. The molecule has 0 atom stereocenters. The van der Waals surface area contributed by atoms with Crippen molar-refractivity contribution >= 4 is 26.9 Å². The summed E-state index contributed by atoms with van der Waals surface area (Å²) in [5, 5.41) is 10.2. The molecule has 3 aromatic rings. The number of carboxylic acids is 1. The van der Waals surface area contributed by atoms with Gasteiger partial charge in [0, 0.05) is 16.9 Å². The summed E-state index contributed by atoms with van der Waals surface area (Å²) in [5.41, 5.74) is 3.02. The van der Waals surface area contributed by atoms with Gasteiger partial charge < -0.3 is 10.1 Å². The van der Waals surface area contributed by atoms with Crippen LogP contribution in [0.25, 0.3) is 22.2 Å². The van der Waals surface area contributed by atoms with Gasteiger partial charge in [0.1, 0.15) is 0 Å². The van der Waals surface area contributed by atoms with E-state index in [2.05, 4.69) is 9.71 Å². The van der Waals surface area contributed by atoms with Gasteiger partial charge in [0.2, 0.25) is 10.0 Å². The minimum absolute atomic E-state index is 0.00398. The summed E-state index contributed by atoms with van der Waals surface area (Å²) in [4.78, 5) is 14.9. The highest BCUT2D eigenvalue weighted by molar-refractivity contribution is 7.89. The number of hydrogen-bond acceptors (Lipinski definition) is 3. The number of sulfonamides is 1. The summed E-state index contributed by atoms with van der Waals surface area (Å²) >= 11 is 0. The van der Waals surface area contributed by atoms with Crippen LogP contribution in [0.2, 0.25) is 0 Å². The molecule has 29 heavy (non-hydrogen) atoms. The van der Waals surface area contributed by atoms with Crippen LogP contribution in [0, 0.1) is 0 Å². The number of H-pyrrole nitrogens is 1. The van der Waals surface area contributed by atoms with Crippen molar-refractivity contribution < 1.29 is 18.3 Å². The summed E-state index contributed by atoms with van der Waals surface area (Å²) in [6.45, 7) is 0. The molecule has 0 radical (unpaired) electrons. The van der Waals surface area contributed by atoms with Crippen LogP contribution in [0.15, 0.2) is 53.4 Å². The van der Waals surface area contributed by atoms with Gasteiger partial charge in [-0.05, 0) is 42.2 Å². The van der Waals surface area contributed by atoms with Crippen molar-refractivity contribution in [3.8, 4) is 11.3 Å². The quantitative estimate of drug-likeness (QED) is 0.568. The first-order valence-corrected chi connectivity index (χ1v) is 11.4. The molecule has 1 fully saturated rings. The highest BCUT2D eigenvalue weighted by atomic mass is 32.2. The van der Waals surface area contributed by atoms with Gasteiger partial charge in [-0.1, -0.05) is 49.6 Å². The van der Waals surface area contributed by atoms with E-state index >= 15 is 0 Å². The molecule has 1 saturated carbocycles. The number of fused-ring (bicyclic) bond motifs is 1. The van der Waals surface area contributed by atoms with Crippen molar-refractivity contribution in [2.75, 3.05) is 0 Å². The number of para-hydroxylation sites is 1. The second kappa shape index (κ2) is 8.00. The van der Waals surface area contributed by atoms with Crippen LogP contribution in [-0.4, -0.2) is 30.5 Å². The fourth-order valence-corrected chi connectivity index (χ4v) is 5.39. The Balaban J connectivity index is 1.65. The predicted molar refractivity (Wildman–Crippen MR) is 112 cm³/mol. The topological polar surface area (TPSA) is 99.3 Å². The zero-order chi connectivity index (χ0) is 20.4. The fourth-order valence-electron chi connectivity index (χ4n) is 4.09. The number of aliphatic carboxylic acids is 1. The van der Waals surface area contributed by atoms with Crippen LogP contribution >= 0.6 is 0 Å². The highest BCUT2D eigenvalue weighted by Gasteiger charge is 2.22. The molecule has 4 rings (SSSR count). The molecule has 0 spiro atoms. The maximum absolute atomic E-state index is 12.7. The van der Waals surface area contributed by atoms with Gasteiger partial charge >= 0.3 is 5.97 Å². The van der Waals surface area contributed by atoms with E-state index in [0.29, 0.717) is 11.3 Å². The number of aromatic amines is 1. The van der Waals surface area contributed by atoms with Gasteiger partial charge in [0.05, 0.1) is 17.0 Å². The van der Waals surface area contributed by atoms with Crippen LogP contribution in [0.4, 0.5) is 0 Å². The molecule has 7 heteroatoms. The predicted octanol–water partition coefficient (Wildman–Crippen LogP) is 4.07. The summed E-state index contributed by atoms with van der Waals surface area (Å²) < 4.78 is 28.2. The monoisotopic (exact) mass is 412 g/mol. The standard InChI is InChI=1S/C22H24N2O4S/c25-21(26)14-19-18-8-4-5-9-20(18)23-22(19)15-10-12-17(13-11-15)29(27,28)24-16-6-2-1-3-7-16/h4-5,8-13,16,23-24H,1-3,6-7,14H2,(H,25,26). The molecule has 6 nitrogen and oxygen atoms in total. The average molecular weight is 413 g/mol. The molecule has 0 amide bonds. The Morgan fingerprint density at radius 2 is 1.72 bits per heavy atom. The molecular weight excluding hydrogens is 388 g/mol. The summed E-state index contributed by atoms with van der Waals surface area (Å²) in [6, 6.07) is 14.2. The first-order chi connectivity index (χ1) is 13.9. The smallest absolute Gasteiger partial charge is 0.307 e. The maximum atomic E-state index is 12.7. The number of aromatic nitrogens is 1. The minimum atomic E-state index is -3.57. The van der Waals surface area contributed by atoms with Gasteiger partial charge in [-0.3, -0.25) is 4.79 Å². The van der Waals surface area contributed by atoms with Crippen LogP contribution in [-0.2, 0) is 21.2 Å². The van der Waals surface area contributed by atoms with Crippen molar-refractivity contribution in [1.29, 1.82) is 0 Å². The lowest BCUT2D eigenvalue weighted by atomic mass is 9.96. The lowest BCUT2D eigenvalue weighted by Gasteiger charge is -2.22. The van der Waals surface area contributed by atoms with E-state index in [1.165, 1.54) is 0 Å². The number of nitrogens with one attached hydrogen (secondary N) is 2. The SMILES string of the molecule is O=C(O)Cc1c(-c2ccc(S(=O)(=O)NC3CCCCC3)cc2)[nH]c2ccccc12. The molecule has 3 N–H and O–H groups in total. The lowest BCUT2D eigenvalue weighted by molar-refractivity contribution is -0.136. The molecule has 152 valence electrons. The van der Waals surface area contributed by atoms with Crippen molar-refractivity contribution in [1.82, 2.24) is 9.71 Å². The number of carboxylic acid groups (broad SMARTS) is 1. The van der Waals surface area contributed by atoms with Gasteiger partial charge in [0.15, 0.2) is 0 Å². The maximum Gasteiger partial charge on any atom is 0.307 e. The van der Waals surface area contributed by atoms with E-state index in [1.54, 1.807) is 24.3 Å². The first-order valence-electron chi connectivity index (χ1n) is 9.88. The Labute approximate surface area is 170 Å². The fraction of sp³-hybridized carbons (Fsp3) is 0.318. The molecule has 0 saturated heterocycles. The third kappa shape index (κ3) is 4.21. The second-order valence-corrected chi connectivity index (χ2v) is 9.29.